The predicted molar refractivity (Wildman–Crippen MR) is 79.7 cm³/mol. The highest BCUT2D eigenvalue weighted by Crippen LogP contribution is 2.35. The second-order valence-electron chi connectivity index (χ2n) is 5.72. The fourth-order valence-electron chi connectivity index (χ4n) is 3.07. The number of hydrogen-bond acceptors (Lipinski definition) is 4. The zero-order chi connectivity index (χ0) is 13.9. The molecule has 0 saturated heterocycles. The van der Waals surface area contributed by atoms with E-state index in [4.69, 9.17) is 4.52 Å². The molecule has 0 bridgehead atoms. The maximum atomic E-state index is 5.48. The number of benzene rings is 1. The fraction of sp³-hybridized carbons (Fsp3) is 0.500. The highest BCUT2D eigenvalue weighted by Gasteiger charge is 2.25. The van der Waals surface area contributed by atoms with Crippen molar-refractivity contribution >= 4 is 5.69 Å². The van der Waals surface area contributed by atoms with E-state index in [1.165, 1.54) is 25.7 Å². The number of para-hydroxylation sites is 1. The van der Waals surface area contributed by atoms with Gasteiger partial charge in [0, 0.05) is 18.7 Å². The second kappa shape index (κ2) is 5.65. The van der Waals surface area contributed by atoms with E-state index >= 15 is 0 Å². The van der Waals surface area contributed by atoms with Crippen molar-refractivity contribution in [1.29, 1.82) is 0 Å². The molecule has 0 radical (unpaired) electrons. The van der Waals surface area contributed by atoms with E-state index in [0.717, 1.165) is 23.0 Å². The first-order valence-corrected chi connectivity index (χ1v) is 7.38. The molecule has 0 amide bonds. The number of nitrogens with one attached hydrogen (secondary N) is 1. The van der Waals surface area contributed by atoms with Crippen LogP contribution in [-0.4, -0.2) is 17.2 Å². The molecular formula is C16H21N3O. The Labute approximate surface area is 119 Å². The average Bonchev–Trinajstić information content (AvgIpc) is 2.97. The minimum atomic E-state index is 0.456. The summed E-state index contributed by atoms with van der Waals surface area (Å²) < 4.78 is 5.48. The SMILES string of the molecule is CNc1ccccc1-c1nc(C2CCCC(C)C2)no1. The van der Waals surface area contributed by atoms with Crippen molar-refractivity contribution in [2.45, 2.75) is 38.5 Å². The molecule has 3 rings (SSSR count). The van der Waals surface area contributed by atoms with E-state index in [1.807, 2.05) is 31.3 Å². The molecule has 2 unspecified atom stereocenters. The maximum absolute atomic E-state index is 5.48. The van der Waals surface area contributed by atoms with Gasteiger partial charge < -0.3 is 9.84 Å². The number of rotatable bonds is 3. The largest absolute Gasteiger partial charge is 0.387 e. The van der Waals surface area contributed by atoms with Crippen LogP contribution in [0.4, 0.5) is 5.69 Å². The van der Waals surface area contributed by atoms with Gasteiger partial charge in [0.05, 0.1) is 5.56 Å². The van der Waals surface area contributed by atoms with Gasteiger partial charge in [-0.1, -0.05) is 37.1 Å². The van der Waals surface area contributed by atoms with Crippen LogP contribution in [0.15, 0.2) is 28.8 Å². The van der Waals surface area contributed by atoms with Crippen molar-refractivity contribution in [2.24, 2.45) is 5.92 Å². The molecule has 1 heterocycles. The van der Waals surface area contributed by atoms with Crippen molar-refractivity contribution in [3.8, 4) is 11.5 Å². The third-order valence-corrected chi connectivity index (χ3v) is 4.17. The van der Waals surface area contributed by atoms with Gasteiger partial charge in [-0.15, -0.1) is 0 Å². The van der Waals surface area contributed by atoms with Crippen LogP contribution < -0.4 is 5.32 Å². The number of nitrogens with zero attached hydrogens (tertiary/aromatic N) is 2. The molecule has 1 aliphatic carbocycles. The standard InChI is InChI=1S/C16H21N3O/c1-11-6-5-7-12(10-11)15-18-16(20-19-15)13-8-3-4-9-14(13)17-2/h3-4,8-9,11-12,17H,5-7,10H2,1-2H3. The summed E-state index contributed by atoms with van der Waals surface area (Å²) in [7, 11) is 1.90. The van der Waals surface area contributed by atoms with Crippen LogP contribution in [0, 0.1) is 5.92 Å². The van der Waals surface area contributed by atoms with E-state index in [2.05, 4.69) is 22.4 Å². The first kappa shape index (κ1) is 13.2. The summed E-state index contributed by atoms with van der Waals surface area (Å²) in [5.41, 5.74) is 1.98. The lowest BCUT2D eigenvalue weighted by atomic mass is 9.82. The number of anilines is 1. The maximum Gasteiger partial charge on any atom is 0.260 e. The van der Waals surface area contributed by atoms with Gasteiger partial charge in [0.15, 0.2) is 5.82 Å². The normalized spacial score (nSPS) is 22.7. The van der Waals surface area contributed by atoms with Gasteiger partial charge in [-0.3, -0.25) is 0 Å². The summed E-state index contributed by atoms with van der Waals surface area (Å²) in [5.74, 6) is 2.71. The van der Waals surface area contributed by atoms with Crippen LogP contribution in [0.2, 0.25) is 0 Å². The molecule has 1 saturated carbocycles. The molecule has 106 valence electrons. The van der Waals surface area contributed by atoms with Gasteiger partial charge in [-0.05, 0) is 30.9 Å². The van der Waals surface area contributed by atoms with Crippen LogP contribution in [0.5, 0.6) is 0 Å². The summed E-state index contributed by atoms with van der Waals surface area (Å²) in [6, 6.07) is 8.01. The molecule has 0 aliphatic heterocycles. The Bertz CT molecular complexity index is 579. The highest BCUT2D eigenvalue weighted by molar-refractivity contribution is 5.72. The lowest BCUT2D eigenvalue weighted by Crippen LogP contribution is -2.12. The van der Waals surface area contributed by atoms with Crippen LogP contribution in [-0.2, 0) is 0 Å². The molecule has 1 N–H and O–H groups in total. The van der Waals surface area contributed by atoms with Crippen molar-refractivity contribution in [2.75, 3.05) is 12.4 Å². The van der Waals surface area contributed by atoms with E-state index in [-0.39, 0.29) is 0 Å². The average molecular weight is 271 g/mol. The molecule has 4 nitrogen and oxygen atoms in total. The summed E-state index contributed by atoms with van der Waals surface area (Å²) in [5, 5.41) is 7.37. The van der Waals surface area contributed by atoms with Crippen LogP contribution in [0.1, 0.15) is 44.3 Å². The van der Waals surface area contributed by atoms with Crippen LogP contribution >= 0.6 is 0 Å². The predicted octanol–water partition coefficient (Wildman–Crippen LogP) is 4.07. The molecule has 2 atom stereocenters. The third kappa shape index (κ3) is 2.55. The van der Waals surface area contributed by atoms with Crippen molar-refractivity contribution in [3.63, 3.8) is 0 Å². The molecule has 1 fully saturated rings. The van der Waals surface area contributed by atoms with E-state index < -0.39 is 0 Å². The van der Waals surface area contributed by atoms with Gasteiger partial charge in [-0.25, -0.2) is 0 Å². The Morgan fingerprint density at radius 3 is 2.90 bits per heavy atom. The van der Waals surface area contributed by atoms with Gasteiger partial charge in [0.1, 0.15) is 0 Å². The Hall–Kier alpha value is -1.84. The molecular weight excluding hydrogens is 250 g/mol. The van der Waals surface area contributed by atoms with Crippen molar-refractivity contribution in [3.05, 3.63) is 30.1 Å². The zero-order valence-corrected chi connectivity index (χ0v) is 12.1. The lowest BCUT2D eigenvalue weighted by Gasteiger charge is -2.23. The second-order valence-corrected chi connectivity index (χ2v) is 5.72. The van der Waals surface area contributed by atoms with Gasteiger partial charge in [0.25, 0.3) is 5.89 Å². The van der Waals surface area contributed by atoms with E-state index in [9.17, 15) is 0 Å². The van der Waals surface area contributed by atoms with Crippen LogP contribution in [0.25, 0.3) is 11.5 Å². The monoisotopic (exact) mass is 271 g/mol. The number of aromatic nitrogens is 2. The minimum Gasteiger partial charge on any atom is -0.387 e. The first-order valence-electron chi connectivity index (χ1n) is 7.38. The number of hydrogen-bond donors (Lipinski definition) is 1. The smallest absolute Gasteiger partial charge is 0.260 e. The van der Waals surface area contributed by atoms with E-state index in [1.54, 1.807) is 0 Å². The van der Waals surface area contributed by atoms with Crippen LogP contribution in [0.3, 0.4) is 0 Å². The molecule has 1 aromatic heterocycles. The van der Waals surface area contributed by atoms with Crippen molar-refractivity contribution in [1.82, 2.24) is 10.1 Å². The van der Waals surface area contributed by atoms with Gasteiger partial charge >= 0.3 is 0 Å². The molecule has 1 aliphatic rings. The topological polar surface area (TPSA) is 51.0 Å². The van der Waals surface area contributed by atoms with E-state index in [0.29, 0.717) is 11.8 Å². The molecule has 20 heavy (non-hydrogen) atoms. The Kier molecular flexibility index (Phi) is 3.72. The summed E-state index contributed by atoms with van der Waals surface area (Å²) >= 11 is 0. The first-order chi connectivity index (χ1) is 9.78. The Morgan fingerprint density at radius 1 is 1.25 bits per heavy atom. The quantitative estimate of drug-likeness (QED) is 0.914. The van der Waals surface area contributed by atoms with Crippen molar-refractivity contribution < 1.29 is 4.52 Å². The Balaban J connectivity index is 1.86. The summed E-state index contributed by atoms with van der Waals surface area (Å²) in [6.45, 7) is 2.31. The zero-order valence-electron chi connectivity index (χ0n) is 12.1. The third-order valence-electron chi connectivity index (χ3n) is 4.17. The van der Waals surface area contributed by atoms with Gasteiger partial charge in [-0.2, -0.15) is 4.98 Å². The molecule has 2 aromatic rings. The van der Waals surface area contributed by atoms with Gasteiger partial charge in [0.2, 0.25) is 0 Å². The lowest BCUT2D eigenvalue weighted by molar-refractivity contribution is 0.324. The molecule has 1 aromatic carbocycles. The fourth-order valence-corrected chi connectivity index (χ4v) is 3.07. The summed E-state index contributed by atoms with van der Waals surface area (Å²) in [6.07, 6.45) is 4.94. The molecule has 0 spiro atoms. The summed E-state index contributed by atoms with van der Waals surface area (Å²) in [4.78, 5) is 4.63. The Morgan fingerprint density at radius 2 is 2.10 bits per heavy atom. The molecule has 4 heteroatoms. The highest BCUT2D eigenvalue weighted by atomic mass is 16.5. The minimum absolute atomic E-state index is 0.456.